The number of allylic oxidation sites excluding steroid dienone is 1. The van der Waals surface area contributed by atoms with Gasteiger partial charge in [-0.15, -0.1) is 0 Å². The quantitative estimate of drug-likeness (QED) is 0.760. The Balaban J connectivity index is 2.08. The molecule has 1 fully saturated rings. The van der Waals surface area contributed by atoms with E-state index in [1.165, 1.54) is 13.0 Å². The summed E-state index contributed by atoms with van der Waals surface area (Å²) in [5.41, 5.74) is 5.52. The van der Waals surface area contributed by atoms with Crippen LogP contribution in [0.1, 0.15) is 13.3 Å². The average molecular weight is 257 g/mol. The number of carbonyl (C=O) groups is 1. The Morgan fingerprint density at radius 3 is 2.44 bits per heavy atom. The number of rotatable bonds is 1. The van der Waals surface area contributed by atoms with Gasteiger partial charge in [-0.05, 0) is 6.08 Å². The van der Waals surface area contributed by atoms with E-state index in [4.69, 9.17) is 5.73 Å². The Hall–Kier alpha value is -1.43. The molecule has 2 aliphatic rings. The van der Waals surface area contributed by atoms with Crippen molar-refractivity contribution in [1.82, 2.24) is 9.80 Å². The van der Waals surface area contributed by atoms with Gasteiger partial charge < -0.3 is 15.5 Å². The van der Waals surface area contributed by atoms with Crippen molar-refractivity contribution in [2.24, 2.45) is 5.73 Å². The summed E-state index contributed by atoms with van der Waals surface area (Å²) < 4.78 is 27.5. The van der Waals surface area contributed by atoms with Gasteiger partial charge in [0.15, 0.2) is 0 Å². The lowest BCUT2D eigenvalue weighted by Gasteiger charge is -2.37. The molecule has 0 aromatic heterocycles. The molecule has 100 valence electrons. The SMILES string of the molecule is CC(=O)N1CCN(C2=C(F)CC(N)C=C2F)CC1. The van der Waals surface area contributed by atoms with E-state index in [-0.39, 0.29) is 18.0 Å². The highest BCUT2D eigenvalue weighted by Crippen LogP contribution is 2.30. The van der Waals surface area contributed by atoms with Crippen LogP contribution in [0.4, 0.5) is 8.78 Å². The molecule has 0 saturated carbocycles. The number of hydrogen-bond donors (Lipinski definition) is 1. The van der Waals surface area contributed by atoms with Crippen molar-refractivity contribution >= 4 is 5.91 Å². The average Bonchev–Trinajstić information content (AvgIpc) is 2.28. The first kappa shape index (κ1) is 13.0. The third kappa shape index (κ3) is 2.53. The number of hydrogen-bond acceptors (Lipinski definition) is 3. The molecule has 2 N–H and O–H groups in total. The van der Waals surface area contributed by atoms with Crippen molar-refractivity contribution in [2.75, 3.05) is 26.2 Å². The predicted molar refractivity (Wildman–Crippen MR) is 63.7 cm³/mol. The first-order valence-electron chi connectivity index (χ1n) is 6.01. The normalized spacial score (nSPS) is 25.3. The van der Waals surface area contributed by atoms with E-state index < -0.39 is 17.7 Å². The van der Waals surface area contributed by atoms with E-state index in [1.807, 2.05) is 0 Å². The fourth-order valence-electron chi connectivity index (χ4n) is 2.33. The van der Waals surface area contributed by atoms with Crippen LogP contribution in [-0.2, 0) is 4.79 Å². The molecule has 0 aromatic carbocycles. The Labute approximate surface area is 105 Å². The summed E-state index contributed by atoms with van der Waals surface area (Å²) in [6.07, 6.45) is 1.28. The smallest absolute Gasteiger partial charge is 0.219 e. The molecule has 1 saturated heterocycles. The van der Waals surface area contributed by atoms with Gasteiger partial charge in [0.25, 0.3) is 0 Å². The number of nitrogens with zero attached hydrogens (tertiary/aromatic N) is 2. The number of carbonyl (C=O) groups excluding carboxylic acids is 1. The van der Waals surface area contributed by atoms with Crippen LogP contribution in [-0.4, -0.2) is 47.9 Å². The van der Waals surface area contributed by atoms with Gasteiger partial charge in [0, 0.05) is 45.6 Å². The fraction of sp³-hybridized carbons (Fsp3) is 0.583. The van der Waals surface area contributed by atoms with E-state index in [0.29, 0.717) is 26.2 Å². The first-order valence-corrected chi connectivity index (χ1v) is 6.01. The summed E-state index contributed by atoms with van der Waals surface area (Å²) in [4.78, 5) is 14.5. The van der Waals surface area contributed by atoms with Crippen LogP contribution in [0.2, 0.25) is 0 Å². The molecule has 1 aliphatic carbocycles. The van der Waals surface area contributed by atoms with Crippen molar-refractivity contribution in [3.8, 4) is 0 Å². The second kappa shape index (κ2) is 5.06. The highest BCUT2D eigenvalue weighted by Gasteiger charge is 2.28. The molecular formula is C12H17F2N3O. The molecule has 2 rings (SSSR count). The van der Waals surface area contributed by atoms with Gasteiger partial charge in [0.1, 0.15) is 17.4 Å². The van der Waals surface area contributed by atoms with Crippen LogP contribution in [0.25, 0.3) is 0 Å². The standard InChI is InChI=1S/C12H17F2N3O/c1-8(18)16-2-4-17(5-3-16)12-10(13)6-9(15)7-11(12)14/h6,9H,2-5,7,15H2,1H3. The van der Waals surface area contributed by atoms with Crippen molar-refractivity contribution in [1.29, 1.82) is 0 Å². The third-order valence-electron chi connectivity index (χ3n) is 3.30. The monoisotopic (exact) mass is 257 g/mol. The molecule has 4 nitrogen and oxygen atoms in total. The zero-order chi connectivity index (χ0) is 13.3. The molecule has 0 aromatic rings. The molecule has 0 spiro atoms. The van der Waals surface area contributed by atoms with Crippen LogP contribution in [0, 0.1) is 0 Å². The first-order chi connectivity index (χ1) is 8.49. The molecule has 1 amide bonds. The molecule has 1 unspecified atom stereocenters. The molecule has 6 heteroatoms. The number of nitrogens with two attached hydrogens (primary N) is 1. The van der Waals surface area contributed by atoms with Gasteiger partial charge in [0.05, 0.1) is 0 Å². The minimum atomic E-state index is -0.595. The Kier molecular flexibility index (Phi) is 3.65. The van der Waals surface area contributed by atoms with Crippen LogP contribution >= 0.6 is 0 Å². The Bertz CT molecular complexity index is 412. The highest BCUT2D eigenvalue weighted by atomic mass is 19.1. The number of amides is 1. The highest BCUT2D eigenvalue weighted by molar-refractivity contribution is 5.73. The second-order valence-electron chi connectivity index (χ2n) is 4.63. The minimum Gasteiger partial charge on any atom is -0.364 e. The van der Waals surface area contributed by atoms with Crippen molar-refractivity contribution in [2.45, 2.75) is 19.4 Å². The van der Waals surface area contributed by atoms with Crippen LogP contribution in [0.5, 0.6) is 0 Å². The largest absolute Gasteiger partial charge is 0.364 e. The van der Waals surface area contributed by atoms with Crippen molar-refractivity contribution in [3.63, 3.8) is 0 Å². The number of piperazine rings is 1. The fourth-order valence-corrected chi connectivity index (χ4v) is 2.33. The summed E-state index contributed by atoms with van der Waals surface area (Å²) in [6, 6.07) is -0.591. The summed E-state index contributed by atoms with van der Waals surface area (Å²) in [6.45, 7) is 3.37. The molecule has 18 heavy (non-hydrogen) atoms. The third-order valence-corrected chi connectivity index (χ3v) is 3.30. The van der Waals surface area contributed by atoms with E-state index in [9.17, 15) is 13.6 Å². The molecular weight excluding hydrogens is 240 g/mol. The van der Waals surface area contributed by atoms with Crippen molar-refractivity contribution in [3.05, 3.63) is 23.4 Å². The summed E-state index contributed by atoms with van der Waals surface area (Å²) in [5.74, 6) is -1.10. The predicted octanol–water partition coefficient (Wildman–Crippen LogP) is 0.916. The molecule has 0 radical (unpaired) electrons. The van der Waals surface area contributed by atoms with Crippen molar-refractivity contribution < 1.29 is 13.6 Å². The van der Waals surface area contributed by atoms with Crippen LogP contribution in [0.3, 0.4) is 0 Å². The lowest BCUT2D eigenvalue weighted by atomic mass is 10.0. The lowest BCUT2D eigenvalue weighted by Crippen LogP contribution is -2.48. The Morgan fingerprint density at radius 1 is 1.33 bits per heavy atom. The molecule has 1 aliphatic heterocycles. The lowest BCUT2D eigenvalue weighted by molar-refractivity contribution is -0.130. The van der Waals surface area contributed by atoms with E-state index in [2.05, 4.69) is 0 Å². The van der Waals surface area contributed by atoms with Gasteiger partial charge in [-0.25, -0.2) is 8.78 Å². The number of halogens is 2. The zero-order valence-corrected chi connectivity index (χ0v) is 10.3. The van der Waals surface area contributed by atoms with Gasteiger partial charge in [0.2, 0.25) is 5.91 Å². The Morgan fingerprint density at radius 2 is 1.94 bits per heavy atom. The van der Waals surface area contributed by atoms with Gasteiger partial charge >= 0.3 is 0 Å². The zero-order valence-electron chi connectivity index (χ0n) is 10.3. The molecule has 1 heterocycles. The summed E-state index contributed by atoms with van der Waals surface area (Å²) >= 11 is 0. The topological polar surface area (TPSA) is 49.6 Å². The maximum atomic E-state index is 13.8. The maximum absolute atomic E-state index is 13.8. The van der Waals surface area contributed by atoms with E-state index in [0.717, 1.165) is 0 Å². The minimum absolute atomic E-state index is 0.00854. The summed E-state index contributed by atoms with van der Waals surface area (Å²) in [5, 5.41) is 0. The van der Waals surface area contributed by atoms with Crippen LogP contribution in [0.15, 0.2) is 23.4 Å². The van der Waals surface area contributed by atoms with Gasteiger partial charge in [-0.1, -0.05) is 0 Å². The summed E-state index contributed by atoms with van der Waals surface area (Å²) in [7, 11) is 0. The van der Waals surface area contributed by atoms with E-state index >= 15 is 0 Å². The molecule has 1 atom stereocenters. The second-order valence-corrected chi connectivity index (χ2v) is 4.63. The van der Waals surface area contributed by atoms with Gasteiger partial charge in [-0.2, -0.15) is 0 Å². The van der Waals surface area contributed by atoms with E-state index in [1.54, 1.807) is 9.80 Å². The van der Waals surface area contributed by atoms with Crippen LogP contribution < -0.4 is 5.73 Å². The maximum Gasteiger partial charge on any atom is 0.219 e. The van der Waals surface area contributed by atoms with Gasteiger partial charge in [-0.3, -0.25) is 4.79 Å². The molecule has 0 bridgehead atoms.